The summed E-state index contributed by atoms with van der Waals surface area (Å²) in [6.45, 7) is 0.690. The number of carbonyl (C=O) groups is 1. The van der Waals surface area contributed by atoms with Gasteiger partial charge in [0.15, 0.2) is 0 Å². The Kier molecular flexibility index (Phi) is 3.67. The largest absolute Gasteiger partial charge is 0.375 e. The maximum Gasteiger partial charge on any atom is 0.207 e. The molecule has 2 atom stereocenters. The van der Waals surface area contributed by atoms with Crippen molar-refractivity contribution in [2.45, 2.75) is 18.9 Å². The first-order valence-electron chi connectivity index (χ1n) is 6.89. The van der Waals surface area contributed by atoms with Crippen LogP contribution < -0.4 is 10.6 Å². The molecule has 104 valence electrons. The predicted molar refractivity (Wildman–Crippen MR) is 77.3 cm³/mol. The van der Waals surface area contributed by atoms with E-state index < -0.39 is 0 Å². The lowest BCUT2D eigenvalue weighted by Crippen LogP contribution is -2.31. The fraction of sp³-hybridized carbons (Fsp3) is 0.333. The van der Waals surface area contributed by atoms with Crippen LogP contribution in [-0.4, -0.2) is 22.9 Å². The summed E-state index contributed by atoms with van der Waals surface area (Å²) in [6.07, 6.45) is 6.29. The molecule has 0 spiro atoms. The number of hydrogen-bond acceptors (Lipinski definition) is 3. The lowest BCUT2D eigenvalue weighted by atomic mass is 9.84. The van der Waals surface area contributed by atoms with Gasteiger partial charge in [-0.15, -0.1) is 0 Å². The first kappa shape index (κ1) is 12.7. The van der Waals surface area contributed by atoms with Gasteiger partial charge in [-0.2, -0.15) is 0 Å². The Balaban J connectivity index is 1.83. The number of para-hydroxylation sites is 1. The molecule has 1 amide bonds. The molecule has 1 aliphatic heterocycles. The lowest BCUT2D eigenvalue weighted by Gasteiger charge is -2.33. The minimum atomic E-state index is 0.161. The van der Waals surface area contributed by atoms with Gasteiger partial charge in [0.2, 0.25) is 6.41 Å². The van der Waals surface area contributed by atoms with Crippen LogP contribution in [-0.2, 0) is 11.2 Å². The maximum atomic E-state index is 10.4. The predicted octanol–water partition coefficient (Wildman–Crippen LogP) is 1.87. The number of aromatic nitrogens is 2. The molecule has 0 unspecified atom stereocenters. The highest BCUT2D eigenvalue weighted by Crippen LogP contribution is 2.36. The van der Waals surface area contributed by atoms with Crippen LogP contribution in [0.5, 0.6) is 0 Å². The van der Waals surface area contributed by atoms with E-state index in [9.17, 15) is 4.79 Å². The number of carbonyl (C=O) groups excluding carboxylic acids is 1. The van der Waals surface area contributed by atoms with Crippen LogP contribution in [0.4, 0.5) is 5.69 Å². The SMILES string of the molecule is O=CNCC[C@H]1Cc2ccccc2N[C@H]1c1ncc[nH]1. The van der Waals surface area contributed by atoms with Crippen LogP contribution in [0.25, 0.3) is 0 Å². The van der Waals surface area contributed by atoms with Crippen molar-refractivity contribution < 1.29 is 4.79 Å². The van der Waals surface area contributed by atoms with Crippen molar-refractivity contribution in [2.75, 3.05) is 11.9 Å². The highest BCUT2D eigenvalue weighted by atomic mass is 16.1. The van der Waals surface area contributed by atoms with E-state index in [0.29, 0.717) is 12.5 Å². The van der Waals surface area contributed by atoms with E-state index in [1.165, 1.54) is 11.3 Å². The van der Waals surface area contributed by atoms with E-state index in [4.69, 9.17) is 0 Å². The smallest absolute Gasteiger partial charge is 0.207 e. The molecule has 2 heterocycles. The second-order valence-corrected chi connectivity index (χ2v) is 5.08. The molecule has 0 aliphatic carbocycles. The number of H-pyrrole nitrogens is 1. The van der Waals surface area contributed by atoms with Gasteiger partial charge in [0, 0.05) is 24.6 Å². The quantitative estimate of drug-likeness (QED) is 0.574. The van der Waals surface area contributed by atoms with E-state index in [1.54, 1.807) is 6.20 Å². The molecule has 0 fully saturated rings. The van der Waals surface area contributed by atoms with Crippen LogP contribution in [0.2, 0.25) is 0 Å². The third kappa shape index (κ3) is 2.52. The summed E-state index contributed by atoms with van der Waals surface area (Å²) >= 11 is 0. The molecular weight excluding hydrogens is 252 g/mol. The second kappa shape index (κ2) is 5.77. The zero-order chi connectivity index (χ0) is 13.8. The van der Waals surface area contributed by atoms with Crippen LogP contribution in [0.15, 0.2) is 36.7 Å². The van der Waals surface area contributed by atoms with E-state index in [1.807, 2.05) is 12.3 Å². The number of anilines is 1. The number of imidazole rings is 1. The van der Waals surface area contributed by atoms with E-state index in [2.05, 4.69) is 38.8 Å². The standard InChI is InChI=1S/C15H18N4O/c20-10-16-6-5-12-9-11-3-1-2-4-13(11)19-14(12)15-17-7-8-18-15/h1-4,7-8,10,12,14,19H,5-6,9H2,(H,16,20)(H,17,18)/t12-,14+/m0/s1. The van der Waals surface area contributed by atoms with Crippen LogP contribution in [0.3, 0.4) is 0 Å². The molecule has 5 nitrogen and oxygen atoms in total. The Labute approximate surface area is 117 Å². The van der Waals surface area contributed by atoms with Gasteiger partial charge in [-0.05, 0) is 30.4 Å². The van der Waals surface area contributed by atoms with Gasteiger partial charge in [-0.25, -0.2) is 4.98 Å². The molecule has 0 bridgehead atoms. The Morgan fingerprint density at radius 2 is 2.30 bits per heavy atom. The first-order valence-corrected chi connectivity index (χ1v) is 6.89. The summed E-state index contributed by atoms with van der Waals surface area (Å²) in [5, 5.41) is 6.31. The third-order valence-corrected chi connectivity index (χ3v) is 3.84. The zero-order valence-electron chi connectivity index (χ0n) is 11.2. The van der Waals surface area contributed by atoms with Crippen molar-refractivity contribution in [3.05, 3.63) is 48.0 Å². The Morgan fingerprint density at radius 3 is 3.10 bits per heavy atom. The molecule has 0 radical (unpaired) electrons. The van der Waals surface area contributed by atoms with Gasteiger partial charge in [-0.1, -0.05) is 18.2 Å². The Bertz CT molecular complexity index is 567. The van der Waals surface area contributed by atoms with Crippen LogP contribution >= 0.6 is 0 Å². The summed E-state index contributed by atoms with van der Waals surface area (Å²) in [5.74, 6) is 1.36. The van der Waals surface area contributed by atoms with E-state index >= 15 is 0 Å². The molecule has 2 aromatic rings. The molecule has 3 rings (SSSR count). The van der Waals surface area contributed by atoms with Crippen molar-refractivity contribution in [3.8, 4) is 0 Å². The number of nitrogens with one attached hydrogen (secondary N) is 3. The average Bonchev–Trinajstić information content (AvgIpc) is 3.01. The minimum Gasteiger partial charge on any atom is -0.375 e. The van der Waals surface area contributed by atoms with Gasteiger partial charge in [0.1, 0.15) is 5.82 Å². The van der Waals surface area contributed by atoms with Crippen LogP contribution in [0, 0.1) is 5.92 Å². The number of fused-ring (bicyclic) bond motifs is 1. The number of hydrogen-bond donors (Lipinski definition) is 3. The van der Waals surface area contributed by atoms with Gasteiger partial charge >= 0.3 is 0 Å². The first-order chi connectivity index (χ1) is 9.88. The number of benzene rings is 1. The molecule has 1 aromatic carbocycles. The number of aromatic amines is 1. The Morgan fingerprint density at radius 1 is 1.40 bits per heavy atom. The second-order valence-electron chi connectivity index (χ2n) is 5.08. The van der Waals surface area contributed by atoms with Gasteiger partial charge in [-0.3, -0.25) is 4.79 Å². The number of rotatable bonds is 5. The normalized spacial score (nSPS) is 20.8. The maximum absolute atomic E-state index is 10.4. The highest BCUT2D eigenvalue weighted by molar-refractivity contribution is 5.54. The molecular formula is C15H18N4O. The van der Waals surface area contributed by atoms with E-state index in [0.717, 1.165) is 25.1 Å². The van der Waals surface area contributed by atoms with Gasteiger partial charge < -0.3 is 15.6 Å². The zero-order valence-corrected chi connectivity index (χ0v) is 11.2. The average molecular weight is 270 g/mol. The lowest BCUT2D eigenvalue weighted by molar-refractivity contribution is -0.109. The molecule has 1 aliphatic rings. The van der Waals surface area contributed by atoms with Crippen molar-refractivity contribution in [1.82, 2.24) is 15.3 Å². The summed E-state index contributed by atoms with van der Waals surface area (Å²) in [5.41, 5.74) is 2.50. The summed E-state index contributed by atoms with van der Waals surface area (Å²) < 4.78 is 0. The molecule has 5 heteroatoms. The molecule has 0 saturated carbocycles. The summed E-state index contributed by atoms with van der Waals surface area (Å²) in [6, 6.07) is 8.52. The number of nitrogens with zero attached hydrogens (tertiary/aromatic N) is 1. The van der Waals surface area contributed by atoms with Gasteiger partial charge in [0.05, 0.1) is 6.04 Å². The molecule has 1 aromatic heterocycles. The third-order valence-electron chi connectivity index (χ3n) is 3.84. The number of amides is 1. The fourth-order valence-electron chi connectivity index (χ4n) is 2.86. The summed E-state index contributed by atoms with van der Waals surface area (Å²) in [7, 11) is 0. The monoisotopic (exact) mass is 270 g/mol. The highest BCUT2D eigenvalue weighted by Gasteiger charge is 2.30. The minimum absolute atomic E-state index is 0.161. The van der Waals surface area contributed by atoms with Crippen molar-refractivity contribution in [1.29, 1.82) is 0 Å². The fourth-order valence-corrected chi connectivity index (χ4v) is 2.86. The molecule has 0 saturated heterocycles. The molecule has 3 N–H and O–H groups in total. The molecule has 20 heavy (non-hydrogen) atoms. The summed E-state index contributed by atoms with van der Waals surface area (Å²) in [4.78, 5) is 18.0. The Hall–Kier alpha value is -2.30. The van der Waals surface area contributed by atoms with Crippen molar-refractivity contribution >= 4 is 12.1 Å². The van der Waals surface area contributed by atoms with Crippen molar-refractivity contribution in [3.63, 3.8) is 0 Å². The van der Waals surface area contributed by atoms with Gasteiger partial charge in [0.25, 0.3) is 0 Å². The van der Waals surface area contributed by atoms with Crippen LogP contribution in [0.1, 0.15) is 23.9 Å². The van der Waals surface area contributed by atoms with E-state index in [-0.39, 0.29) is 6.04 Å². The topological polar surface area (TPSA) is 69.8 Å². The van der Waals surface area contributed by atoms with Crippen molar-refractivity contribution in [2.24, 2.45) is 5.92 Å².